The molecule has 1 aliphatic carbocycles. The Morgan fingerprint density at radius 1 is 1.43 bits per heavy atom. The molecule has 2 aromatic rings. The number of aromatic nitrogens is 2. The largest absolute Gasteiger partial charge is 0.323 e. The van der Waals surface area contributed by atoms with Gasteiger partial charge in [0.1, 0.15) is 5.82 Å². The minimum absolute atomic E-state index is 0.0723. The first kappa shape index (κ1) is 13.6. The molecule has 1 saturated heterocycles. The van der Waals surface area contributed by atoms with Gasteiger partial charge in [0.15, 0.2) is 0 Å². The second-order valence-corrected chi connectivity index (χ2v) is 6.97. The molecule has 1 atom stereocenters. The molecule has 3 nitrogen and oxygen atoms in total. The molecule has 1 saturated carbocycles. The van der Waals surface area contributed by atoms with E-state index in [-0.39, 0.29) is 5.54 Å². The Kier molecular flexibility index (Phi) is 3.23. The summed E-state index contributed by atoms with van der Waals surface area (Å²) in [4.78, 5) is 5.02. The molecule has 112 valence electrons. The summed E-state index contributed by atoms with van der Waals surface area (Å²) in [6.45, 7) is 3.37. The Balaban J connectivity index is 1.92. The fourth-order valence-electron chi connectivity index (χ4n) is 3.86. The van der Waals surface area contributed by atoms with Gasteiger partial charge in [0.25, 0.3) is 0 Å². The van der Waals surface area contributed by atoms with E-state index in [0.717, 1.165) is 23.5 Å². The maximum absolute atomic E-state index is 6.17. The quantitative estimate of drug-likeness (QED) is 0.907. The monoisotopic (exact) mass is 303 g/mol. The smallest absolute Gasteiger partial charge is 0.130 e. The molecular formula is C17H22ClN3. The fraction of sp³-hybridized carbons (Fsp3) is 0.588. The van der Waals surface area contributed by atoms with Crippen LogP contribution in [0.25, 0.3) is 11.0 Å². The summed E-state index contributed by atoms with van der Waals surface area (Å²) in [6.07, 6.45) is 7.35. The SMILES string of the molecule is CCCC1(c2nc3cc(Cl)ccc3n2C2CC2)CCCN1. The summed E-state index contributed by atoms with van der Waals surface area (Å²) < 4.78 is 2.50. The van der Waals surface area contributed by atoms with Gasteiger partial charge in [0.05, 0.1) is 16.6 Å². The first-order chi connectivity index (χ1) is 10.2. The lowest BCUT2D eigenvalue weighted by Crippen LogP contribution is -2.39. The van der Waals surface area contributed by atoms with Crippen LogP contribution in [0.5, 0.6) is 0 Å². The van der Waals surface area contributed by atoms with E-state index >= 15 is 0 Å². The Hall–Kier alpha value is -1.06. The van der Waals surface area contributed by atoms with E-state index in [1.165, 1.54) is 43.4 Å². The number of halogens is 1. The lowest BCUT2D eigenvalue weighted by Gasteiger charge is -2.29. The van der Waals surface area contributed by atoms with E-state index in [9.17, 15) is 0 Å². The Labute approximate surface area is 130 Å². The van der Waals surface area contributed by atoms with Crippen LogP contribution < -0.4 is 5.32 Å². The summed E-state index contributed by atoms with van der Waals surface area (Å²) in [7, 11) is 0. The third kappa shape index (κ3) is 2.18. The summed E-state index contributed by atoms with van der Waals surface area (Å²) in [6, 6.07) is 6.78. The van der Waals surface area contributed by atoms with Crippen LogP contribution in [0.2, 0.25) is 5.02 Å². The van der Waals surface area contributed by atoms with Crippen LogP contribution in [0.3, 0.4) is 0 Å². The third-order valence-electron chi connectivity index (χ3n) is 4.91. The van der Waals surface area contributed by atoms with Gasteiger partial charge in [-0.25, -0.2) is 4.98 Å². The van der Waals surface area contributed by atoms with Crippen molar-refractivity contribution in [2.24, 2.45) is 0 Å². The summed E-state index contributed by atoms with van der Waals surface area (Å²) in [5.74, 6) is 1.25. The van der Waals surface area contributed by atoms with E-state index in [2.05, 4.69) is 22.9 Å². The molecule has 1 aromatic heterocycles. The third-order valence-corrected chi connectivity index (χ3v) is 5.15. The second-order valence-electron chi connectivity index (χ2n) is 6.53. The van der Waals surface area contributed by atoms with E-state index in [1.54, 1.807) is 0 Å². The fourth-order valence-corrected chi connectivity index (χ4v) is 4.03. The number of rotatable bonds is 4. The average molecular weight is 304 g/mol. The molecule has 4 heteroatoms. The summed E-state index contributed by atoms with van der Waals surface area (Å²) in [5.41, 5.74) is 2.37. The molecule has 2 aliphatic rings. The van der Waals surface area contributed by atoms with Gasteiger partial charge in [-0.15, -0.1) is 0 Å². The van der Waals surface area contributed by atoms with Crippen LogP contribution in [-0.2, 0) is 5.54 Å². The van der Waals surface area contributed by atoms with Gasteiger partial charge in [-0.05, 0) is 56.8 Å². The zero-order valence-corrected chi connectivity index (χ0v) is 13.3. The van der Waals surface area contributed by atoms with E-state index in [4.69, 9.17) is 16.6 Å². The molecule has 1 unspecified atom stereocenters. The lowest BCUT2D eigenvalue weighted by molar-refractivity contribution is 0.322. The van der Waals surface area contributed by atoms with Crippen molar-refractivity contribution in [1.29, 1.82) is 0 Å². The average Bonchev–Trinajstić information content (AvgIpc) is 3.07. The van der Waals surface area contributed by atoms with E-state index in [1.807, 2.05) is 12.1 Å². The van der Waals surface area contributed by atoms with Crippen LogP contribution in [0.4, 0.5) is 0 Å². The number of hydrogen-bond donors (Lipinski definition) is 1. The molecular weight excluding hydrogens is 282 g/mol. The minimum Gasteiger partial charge on any atom is -0.323 e. The summed E-state index contributed by atoms with van der Waals surface area (Å²) >= 11 is 6.17. The zero-order chi connectivity index (χ0) is 14.4. The van der Waals surface area contributed by atoms with E-state index in [0.29, 0.717) is 6.04 Å². The predicted molar refractivity (Wildman–Crippen MR) is 86.8 cm³/mol. The van der Waals surface area contributed by atoms with Crippen molar-refractivity contribution in [3.63, 3.8) is 0 Å². The minimum atomic E-state index is 0.0723. The zero-order valence-electron chi connectivity index (χ0n) is 12.5. The Morgan fingerprint density at radius 2 is 2.29 bits per heavy atom. The second kappa shape index (κ2) is 4.99. The molecule has 2 fully saturated rings. The first-order valence-corrected chi connectivity index (χ1v) is 8.54. The van der Waals surface area contributed by atoms with Crippen LogP contribution in [0, 0.1) is 0 Å². The molecule has 0 amide bonds. The van der Waals surface area contributed by atoms with Crippen LogP contribution in [0.1, 0.15) is 57.3 Å². The van der Waals surface area contributed by atoms with Crippen LogP contribution in [0.15, 0.2) is 18.2 Å². The van der Waals surface area contributed by atoms with Gasteiger partial charge < -0.3 is 9.88 Å². The standard InChI is InChI=1S/C17H22ClN3/c1-2-8-17(9-3-10-19-17)16-20-14-11-12(18)4-7-15(14)21(16)13-5-6-13/h4,7,11,13,19H,2-3,5-6,8-10H2,1H3. The molecule has 0 radical (unpaired) electrons. The van der Waals surface area contributed by atoms with Gasteiger partial charge in [-0.2, -0.15) is 0 Å². The number of hydrogen-bond acceptors (Lipinski definition) is 2. The van der Waals surface area contributed by atoms with Gasteiger partial charge in [0, 0.05) is 11.1 Å². The Morgan fingerprint density at radius 3 is 2.95 bits per heavy atom. The van der Waals surface area contributed by atoms with Crippen molar-refractivity contribution in [3.8, 4) is 0 Å². The highest BCUT2D eigenvalue weighted by atomic mass is 35.5. The maximum Gasteiger partial charge on any atom is 0.130 e. The van der Waals surface area contributed by atoms with E-state index < -0.39 is 0 Å². The van der Waals surface area contributed by atoms with Gasteiger partial charge in [-0.3, -0.25) is 0 Å². The number of nitrogens with zero attached hydrogens (tertiary/aromatic N) is 2. The van der Waals surface area contributed by atoms with Crippen LogP contribution in [-0.4, -0.2) is 16.1 Å². The van der Waals surface area contributed by atoms with Crippen molar-refractivity contribution in [1.82, 2.24) is 14.9 Å². The highest BCUT2D eigenvalue weighted by Gasteiger charge is 2.41. The predicted octanol–water partition coefficient (Wildman–Crippen LogP) is 4.40. The van der Waals surface area contributed by atoms with Crippen molar-refractivity contribution in [2.45, 2.75) is 57.0 Å². The first-order valence-electron chi connectivity index (χ1n) is 8.16. The molecule has 21 heavy (non-hydrogen) atoms. The molecule has 1 N–H and O–H groups in total. The normalized spacial score (nSPS) is 25.8. The van der Waals surface area contributed by atoms with Gasteiger partial charge >= 0.3 is 0 Å². The maximum atomic E-state index is 6.17. The topological polar surface area (TPSA) is 29.9 Å². The van der Waals surface area contributed by atoms with Crippen molar-refractivity contribution in [2.75, 3.05) is 6.54 Å². The Bertz CT molecular complexity index is 666. The highest BCUT2D eigenvalue weighted by molar-refractivity contribution is 6.31. The molecule has 1 aromatic carbocycles. The number of fused-ring (bicyclic) bond motifs is 1. The molecule has 0 bridgehead atoms. The molecule has 1 aliphatic heterocycles. The molecule has 4 rings (SSSR count). The van der Waals surface area contributed by atoms with Gasteiger partial charge in [0.2, 0.25) is 0 Å². The molecule has 2 heterocycles. The summed E-state index contributed by atoms with van der Waals surface area (Å²) in [5, 5.41) is 4.55. The number of benzene rings is 1. The van der Waals surface area contributed by atoms with Crippen molar-refractivity contribution in [3.05, 3.63) is 29.0 Å². The van der Waals surface area contributed by atoms with Crippen molar-refractivity contribution < 1.29 is 0 Å². The highest BCUT2D eigenvalue weighted by Crippen LogP contribution is 2.44. The van der Waals surface area contributed by atoms with Crippen LogP contribution >= 0.6 is 11.6 Å². The van der Waals surface area contributed by atoms with Gasteiger partial charge in [-0.1, -0.05) is 24.9 Å². The number of nitrogens with one attached hydrogen (secondary N) is 1. The lowest BCUT2D eigenvalue weighted by atomic mass is 9.90. The molecule has 0 spiro atoms. The van der Waals surface area contributed by atoms with Crippen molar-refractivity contribution >= 4 is 22.6 Å². The number of imidazole rings is 1.